The number of benzene rings is 2. The number of carbonyl (C=O) groups excluding carboxylic acids is 1. The maximum Gasteiger partial charge on any atom is 0.242 e. The molecule has 0 atom stereocenters. The van der Waals surface area contributed by atoms with E-state index in [1.54, 1.807) is 0 Å². The van der Waals surface area contributed by atoms with Gasteiger partial charge in [-0.2, -0.15) is 0 Å². The number of hydrogen-bond donors (Lipinski definition) is 1. The number of fused-ring (bicyclic) bond motifs is 1. The maximum atomic E-state index is 13.2. The predicted octanol–water partition coefficient (Wildman–Crippen LogP) is 4.11. The van der Waals surface area contributed by atoms with Crippen LogP contribution in [-0.4, -0.2) is 67.4 Å². The van der Waals surface area contributed by atoms with Gasteiger partial charge in [-0.1, -0.05) is 41.9 Å². The molecular formula is C26H35ClN4O. The molecule has 5 nitrogen and oxygen atoms in total. The third-order valence-corrected chi connectivity index (χ3v) is 6.85. The van der Waals surface area contributed by atoms with Gasteiger partial charge in [0.05, 0.1) is 6.54 Å². The number of hydrogen-bond acceptors (Lipinski definition) is 4. The summed E-state index contributed by atoms with van der Waals surface area (Å²) in [5.74, 6) is 1.01. The van der Waals surface area contributed by atoms with Crippen molar-refractivity contribution < 1.29 is 4.79 Å². The highest BCUT2D eigenvalue weighted by Crippen LogP contribution is 2.32. The van der Waals surface area contributed by atoms with E-state index in [1.807, 2.05) is 43.3 Å². The summed E-state index contributed by atoms with van der Waals surface area (Å²) in [5.41, 5.74) is 4.86. The maximum absolute atomic E-state index is 13.2. The number of rotatable bonds is 10. The van der Waals surface area contributed by atoms with Crippen LogP contribution >= 0.6 is 11.6 Å². The van der Waals surface area contributed by atoms with Gasteiger partial charge < -0.3 is 15.1 Å². The molecule has 172 valence electrons. The van der Waals surface area contributed by atoms with E-state index < -0.39 is 0 Å². The fraction of sp³-hybridized carbons (Fsp3) is 0.500. The second kappa shape index (κ2) is 10.7. The number of amides is 1. The van der Waals surface area contributed by atoms with Gasteiger partial charge in [-0.25, -0.2) is 0 Å². The topological polar surface area (TPSA) is 38.8 Å². The van der Waals surface area contributed by atoms with Crippen LogP contribution in [0.2, 0.25) is 5.02 Å². The van der Waals surface area contributed by atoms with E-state index in [-0.39, 0.29) is 5.91 Å². The van der Waals surface area contributed by atoms with Gasteiger partial charge in [0.1, 0.15) is 0 Å². The van der Waals surface area contributed by atoms with Gasteiger partial charge in [-0.05, 0) is 68.1 Å². The van der Waals surface area contributed by atoms with Crippen molar-refractivity contribution in [1.82, 2.24) is 14.7 Å². The smallest absolute Gasteiger partial charge is 0.242 e. The molecule has 2 aromatic carbocycles. The lowest BCUT2D eigenvalue weighted by Gasteiger charge is -2.30. The number of likely N-dealkylation sites (N-methyl/N-ethyl adjacent to an activating group) is 1. The summed E-state index contributed by atoms with van der Waals surface area (Å²) in [6.45, 7) is 5.67. The molecule has 32 heavy (non-hydrogen) atoms. The molecular weight excluding hydrogens is 420 g/mol. The molecule has 1 heterocycles. The first-order valence-corrected chi connectivity index (χ1v) is 12.1. The number of anilines is 1. The van der Waals surface area contributed by atoms with Crippen LogP contribution in [0.5, 0.6) is 0 Å². The van der Waals surface area contributed by atoms with E-state index in [2.05, 4.69) is 33.3 Å². The molecule has 2 aromatic rings. The van der Waals surface area contributed by atoms with Crippen LogP contribution in [0.15, 0.2) is 42.5 Å². The average molecular weight is 455 g/mol. The highest BCUT2D eigenvalue weighted by Gasteiger charge is 2.27. The predicted molar refractivity (Wildman–Crippen MR) is 132 cm³/mol. The summed E-state index contributed by atoms with van der Waals surface area (Å²) < 4.78 is 0. The lowest BCUT2D eigenvalue weighted by atomic mass is 9.97. The van der Waals surface area contributed by atoms with Crippen LogP contribution in [0, 0.1) is 5.92 Å². The van der Waals surface area contributed by atoms with Crippen LogP contribution in [0.1, 0.15) is 29.5 Å². The normalized spacial score (nSPS) is 16.1. The second-order valence-electron chi connectivity index (χ2n) is 9.44. The number of nitrogens with zero attached hydrogens (tertiary/aromatic N) is 3. The minimum absolute atomic E-state index is 0.0931. The van der Waals surface area contributed by atoms with E-state index in [0.717, 1.165) is 43.2 Å². The van der Waals surface area contributed by atoms with E-state index >= 15 is 0 Å². The molecule has 0 bridgehead atoms. The highest BCUT2D eigenvalue weighted by molar-refractivity contribution is 6.31. The first-order chi connectivity index (χ1) is 15.5. The van der Waals surface area contributed by atoms with E-state index in [0.29, 0.717) is 24.7 Å². The minimum Gasteiger partial charge on any atom is -0.376 e. The highest BCUT2D eigenvalue weighted by atomic mass is 35.5. The Morgan fingerprint density at radius 1 is 1.12 bits per heavy atom. The number of carbonyl (C=O) groups is 1. The summed E-state index contributed by atoms with van der Waals surface area (Å²) in [7, 11) is 4.05. The fourth-order valence-corrected chi connectivity index (χ4v) is 4.58. The Kier molecular flexibility index (Phi) is 7.71. The van der Waals surface area contributed by atoms with E-state index in [9.17, 15) is 4.79 Å². The summed E-state index contributed by atoms with van der Waals surface area (Å²) in [4.78, 5) is 19.8. The molecule has 1 fully saturated rings. The van der Waals surface area contributed by atoms with Crippen molar-refractivity contribution >= 4 is 23.2 Å². The van der Waals surface area contributed by atoms with E-state index in [4.69, 9.17) is 11.6 Å². The lowest BCUT2D eigenvalue weighted by Crippen LogP contribution is -2.39. The van der Waals surface area contributed by atoms with Crippen LogP contribution in [0.4, 0.5) is 5.69 Å². The van der Waals surface area contributed by atoms with Crippen LogP contribution in [-0.2, 0) is 24.3 Å². The standard InChI is InChI=1S/C26H35ClN4O/c1-29(2)14-15-31(19-22-6-3-4-8-24(22)27)26(32)16-28-25-9-5-7-21-18-30(13-12-23(21)25)17-20-10-11-20/h3-9,20,28H,10-19H2,1-2H3. The Balaban J connectivity index is 1.39. The summed E-state index contributed by atoms with van der Waals surface area (Å²) in [6, 6.07) is 14.2. The number of nitrogens with one attached hydrogen (secondary N) is 1. The van der Waals surface area contributed by atoms with Crippen LogP contribution in [0.3, 0.4) is 0 Å². The molecule has 0 aromatic heterocycles. The van der Waals surface area contributed by atoms with Gasteiger partial charge in [-0.15, -0.1) is 0 Å². The zero-order valence-electron chi connectivity index (χ0n) is 19.3. The van der Waals surface area contributed by atoms with Crippen molar-refractivity contribution in [3.05, 3.63) is 64.2 Å². The summed E-state index contributed by atoms with van der Waals surface area (Å²) in [5, 5.41) is 4.16. The molecule has 1 N–H and O–H groups in total. The zero-order chi connectivity index (χ0) is 22.5. The van der Waals surface area contributed by atoms with Crippen molar-refractivity contribution in [1.29, 1.82) is 0 Å². The fourth-order valence-electron chi connectivity index (χ4n) is 4.38. The minimum atomic E-state index is 0.0931. The van der Waals surface area contributed by atoms with Crippen LogP contribution < -0.4 is 5.32 Å². The third-order valence-electron chi connectivity index (χ3n) is 6.48. The SMILES string of the molecule is CN(C)CCN(Cc1ccccc1Cl)C(=O)CNc1cccc2c1CCN(CC1CC1)C2. The molecule has 1 aliphatic heterocycles. The van der Waals surface area contributed by atoms with Gasteiger partial charge in [0.2, 0.25) is 5.91 Å². The number of halogens is 1. The quantitative estimate of drug-likeness (QED) is 0.586. The van der Waals surface area contributed by atoms with Crippen molar-refractivity contribution in [3.63, 3.8) is 0 Å². The molecule has 0 saturated heterocycles. The van der Waals surface area contributed by atoms with Gasteiger partial charge >= 0.3 is 0 Å². The van der Waals surface area contributed by atoms with Crippen molar-refractivity contribution in [2.75, 3.05) is 52.1 Å². The van der Waals surface area contributed by atoms with E-state index in [1.165, 1.54) is 30.5 Å². The second-order valence-corrected chi connectivity index (χ2v) is 9.84. The Bertz CT molecular complexity index is 928. The van der Waals surface area contributed by atoms with Gasteiger partial charge in [0, 0.05) is 50.0 Å². The Labute approximate surface area is 197 Å². The summed E-state index contributed by atoms with van der Waals surface area (Å²) in [6.07, 6.45) is 3.83. The van der Waals surface area contributed by atoms with Crippen molar-refractivity contribution in [2.45, 2.75) is 32.4 Å². The monoisotopic (exact) mass is 454 g/mol. The molecule has 2 aliphatic rings. The van der Waals surface area contributed by atoms with Gasteiger partial charge in [-0.3, -0.25) is 9.69 Å². The Morgan fingerprint density at radius 2 is 1.94 bits per heavy atom. The average Bonchev–Trinajstić information content (AvgIpc) is 3.59. The molecule has 1 aliphatic carbocycles. The lowest BCUT2D eigenvalue weighted by molar-refractivity contribution is -0.130. The molecule has 1 amide bonds. The third kappa shape index (κ3) is 6.25. The molecule has 0 radical (unpaired) electrons. The first kappa shape index (κ1) is 23.1. The molecule has 6 heteroatoms. The molecule has 1 saturated carbocycles. The van der Waals surface area contributed by atoms with Crippen molar-refractivity contribution in [2.24, 2.45) is 5.92 Å². The van der Waals surface area contributed by atoms with Crippen molar-refractivity contribution in [3.8, 4) is 0 Å². The summed E-state index contributed by atoms with van der Waals surface area (Å²) >= 11 is 6.37. The van der Waals surface area contributed by atoms with Gasteiger partial charge in [0.15, 0.2) is 0 Å². The zero-order valence-corrected chi connectivity index (χ0v) is 20.1. The van der Waals surface area contributed by atoms with Crippen LogP contribution in [0.25, 0.3) is 0 Å². The molecule has 0 spiro atoms. The largest absolute Gasteiger partial charge is 0.376 e. The first-order valence-electron chi connectivity index (χ1n) is 11.7. The Hall–Kier alpha value is -2.08. The molecule has 4 rings (SSSR count). The van der Waals surface area contributed by atoms with Gasteiger partial charge in [0.25, 0.3) is 0 Å². The molecule has 0 unspecified atom stereocenters. The Morgan fingerprint density at radius 3 is 2.69 bits per heavy atom.